The lowest BCUT2D eigenvalue weighted by atomic mass is 9.94. The molecule has 0 saturated heterocycles. The van der Waals surface area contributed by atoms with Crippen LogP contribution in [-0.4, -0.2) is 32.7 Å². The van der Waals surface area contributed by atoms with E-state index in [0.29, 0.717) is 22.4 Å². The zero-order chi connectivity index (χ0) is 28.8. The van der Waals surface area contributed by atoms with Gasteiger partial charge < -0.3 is 9.47 Å². The van der Waals surface area contributed by atoms with Gasteiger partial charge in [-0.05, 0) is 48.4 Å². The Morgan fingerprint density at radius 3 is 2.62 bits per heavy atom. The third kappa shape index (κ3) is 4.91. The molecule has 40 heavy (non-hydrogen) atoms. The van der Waals surface area contributed by atoms with Gasteiger partial charge in [0.1, 0.15) is 17.0 Å². The van der Waals surface area contributed by atoms with E-state index in [1.807, 2.05) is 13.0 Å². The van der Waals surface area contributed by atoms with Crippen molar-refractivity contribution in [2.75, 3.05) is 7.11 Å². The van der Waals surface area contributed by atoms with Crippen molar-refractivity contribution in [2.24, 2.45) is 7.05 Å². The minimum absolute atomic E-state index is 0.0122. The topological polar surface area (TPSA) is 103 Å². The molecule has 0 amide bonds. The average molecular weight is 552 g/mol. The number of halogens is 4. The van der Waals surface area contributed by atoms with Crippen LogP contribution in [0.25, 0.3) is 27.7 Å². The molecule has 12 heteroatoms. The maximum Gasteiger partial charge on any atom is 0.449 e. The van der Waals surface area contributed by atoms with Crippen LogP contribution in [0.3, 0.4) is 0 Å². The van der Waals surface area contributed by atoms with Crippen LogP contribution >= 0.6 is 0 Å². The van der Waals surface area contributed by atoms with Gasteiger partial charge in [-0.3, -0.25) is 9.36 Å². The van der Waals surface area contributed by atoms with Crippen LogP contribution in [0.4, 0.5) is 17.6 Å². The lowest BCUT2D eigenvalue weighted by molar-refractivity contribution is -0.147. The summed E-state index contributed by atoms with van der Waals surface area (Å²) in [4.78, 5) is 25.6. The number of pyridine rings is 2. The molecular weight excluding hydrogens is 530 g/mol. The number of nitriles is 1. The zero-order valence-electron chi connectivity index (χ0n) is 21.5. The van der Waals surface area contributed by atoms with E-state index in [1.54, 1.807) is 24.4 Å². The highest BCUT2D eigenvalue weighted by molar-refractivity contribution is 5.93. The molecule has 0 saturated carbocycles. The summed E-state index contributed by atoms with van der Waals surface area (Å²) in [5, 5.41) is 8.97. The Bertz CT molecular complexity index is 1780. The summed E-state index contributed by atoms with van der Waals surface area (Å²) in [6, 6.07) is 10.2. The highest BCUT2D eigenvalue weighted by atomic mass is 19.4. The van der Waals surface area contributed by atoms with Gasteiger partial charge in [0.15, 0.2) is 0 Å². The number of hydrogen-bond acceptors (Lipinski definition) is 7. The van der Waals surface area contributed by atoms with Crippen molar-refractivity contribution in [1.82, 2.24) is 19.5 Å². The highest BCUT2D eigenvalue weighted by Gasteiger charge is 2.37. The second-order valence-corrected chi connectivity index (χ2v) is 9.21. The predicted molar refractivity (Wildman–Crippen MR) is 137 cm³/mol. The van der Waals surface area contributed by atoms with E-state index in [4.69, 9.17) is 14.7 Å². The highest BCUT2D eigenvalue weighted by Crippen LogP contribution is 2.38. The quantitative estimate of drug-likeness (QED) is 0.315. The van der Waals surface area contributed by atoms with Crippen LogP contribution in [0.5, 0.6) is 5.88 Å². The van der Waals surface area contributed by atoms with Crippen molar-refractivity contribution >= 4 is 16.5 Å². The minimum Gasteiger partial charge on any atom is -0.481 e. The fraction of sp³-hybridized carbons (Fsp3) is 0.250. The van der Waals surface area contributed by atoms with Crippen LogP contribution < -0.4 is 10.3 Å². The van der Waals surface area contributed by atoms with E-state index in [-0.39, 0.29) is 27.9 Å². The van der Waals surface area contributed by atoms with E-state index >= 15 is 4.39 Å². The van der Waals surface area contributed by atoms with E-state index in [2.05, 4.69) is 15.0 Å². The molecule has 204 valence electrons. The van der Waals surface area contributed by atoms with E-state index in [0.717, 1.165) is 18.7 Å². The number of rotatable bonds is 4. The Morgan fingerprint density at radius 1 is 1.18 bits per heavy atom. The van der Waals surface area contributed by atoms with Crippen LogP contribution in [-0.2, 0) is 18.0 Å². The van der Waals surface area contributed by atoms with Crippen molar-refractivity contribution in [2.45, 2.75) is 31.7 Å². The molecule has 1 aromatic carbocycles. The van der Waals surface area contributed by atoms with Gasteiger partial charge in [-0.1, -0.05) is 6.08 Å². The van der Waals surface area contributed by atoms with Gasteiger partial charge >= 0.3 is 6.18 Å². The molecule has 0 N–H and O–H groups in total. The maximum absolute atomic E-state index is 15.2. The molecule has 4 aromatic rings. The number of benzene rings is 1. The van der Waals surface area contributed by atoms with Gasteiger partial charge in [-0.2, -0.15) is 18.4 Å². The standard InChI is InChI=1S/C28H21F4N5O3/c1-14-8-17(10-22(40-14)16-6-7-34-23(11-16)39-3)21-12-19-25(36-27(28(30,31)32)37(2)26(19)38)24(35-21)18-5-4-15(13-33)9-20(18)29/h4-9,11-12,14,22H,10H2,1-3H3/t14?,22-/m1/s1. The Hall–Kier alpha value is -4.63. The van der Waals surface area contributed by atoms with Crippen LogP contribution in [0.2, 0.25) is 0 Å². The molecule has 1 aliphatic heterocycles. The molecule has 1 aliphatic rings. The maximum atomic E-state index is 15.2. The molecule has 5 rings (SSSR count). The Balaban J connectivity index is 1.74. The van der Waals surface area contributed by atoms with Crippen molar-refractivity contribution in [1.29, 1.82) is 5.26 Å². The summed E-state index contributed by atoms with van der Waals surface area (Å²) in [5.41, 5.74) is -0.138. The molecule has 0 aliphatic carbocycles. The molecule has 3 aromatic heterocycles. The smallest absolute Gasteiger partial charge is 0.449 e. The molecule has 1 unspecified atom stereocenters. The molecule has 0 spiro atoms. The third-order valence-electron chi connectivity index (χ3n) is 6.56. The monoisotopic (exact) mass is 551 g/mol. The Morgan fingerprint density at radius 2 is 1.95 bits per heavy atom. The fourth-order valence-corrected chi connectivity index (χ4v) is 4.68. The lowest BCUT2D eigenvalue weighted by Gasteiger charge is -2.28. The summed E-state index contributed by atoms with van der Waals surface area (Å²) in [7, 11) is 2.46. The predicted octanol–water partition coefficient (Wildman–Crippen LogP) is 5.36. The molecule has 8 nitrogen and oxygen atoms in total. The van der Waals surface area contributed by atoms with E-state index < -0.39 is 41.1 Å². The minimum atomic E-state index is -4.95. The number of fused-ring (bicyclic) bond motifs is 1. The lowest BCUT2D eigenvalue weighted by Crippen LogP contribution is -2.28. The van der Waals surface area contributed by atoms with Crippen molar-refractivity contribution in [3.05, 3.63) is 87.5 Å². The first-order valence-electron chi connectivity index (χ1n) is 12.1. The molecule has 2 atom stereocenters. The van der Waals surface area contributed by atoms with Gasteiger partial charge in [0.2, 0.25) is 11.7 Å². The van der Waals surface area contributed by atoms with Gasteiger partial charge in [0.05, 0.1) is 42.0 Å². The summed E-state index contributed by atoms with van der Waals surface area (Å²) >= 11 is 0. The molecule has 0 radical (unpaired) electrons. The van der Waals surface area contributed by atoms with E-state index in [9.17, 15) is 18.0 Å². The molecule has 4 heterocycles. The van der Waals surface area contributed by atoms with Crippen molar-refractivity contribution in [3.63, 3.8) is 0 Å². The molecular formula is C28H21F4N5O3. The second kappa shape index (κ2) is 10.2. The first-order valence-corrected chi connectivity index (χ1v) is 12.1. The SMILES string of the molecule is COc1cc([C@H]2CC(c3cc4c(=O)n(C)c(C(F)(F)F)nc4c(-c4ccc(C#N)cc4F)n3)=CC(C)O2)ccn1. The van der Waals surface area contributed by atoms with Gasteiger partial charge in [-0.25, -0.2) is 19.3 Å². The number of aromatic nitrogens is 4. The molecule has 0 bridgehead atoms. The van der Waals surface area contributed by atoms with Crippen molar-refractivity contribution in [3.8, 4) is 23.2 Å². The van der Waals surface area contributed by atoms with Crippen LogP contribution in [0.15, 0.2) is 53.5 Å². The fourth-order valence-electron chi connectivity index (χ4n) is 4.68. The number of methoxy groups -OCH3 is 1. The largest absolute Gasteiger partial charge is 0.481 e. The van der Waals surface area contributed by atoms with Gasteiger partial charge in [0, 0.05) is 31.3 Å². The van der Waals surface area contributed by atoms with Crippen LogP contribution in [0, 0.1) is 17.1 Å². The number of ether oxygens (including phenoxy) is 2. The Labute approximate surface area is 225 Å². The number of alkyl halides is 3. The zero-order valence-corrected chi connectivity index (χ0v) is 21.5. The van der Waals surface area contributed by atoms with E-state index in [1.165, 1.54) is 25.3 Å². The molecule has 0 fully saturated rings. The first-order chi connectivity index (χ1) is 19.0. The number of hydrogen-bond donors (Lipinski definition) is 0. The van der Waals surface area contributed by atoms with Gasteiger partial charge in [0.25, 0.3) is 5.56 Å². The van der Waals surface area contributed by atoms with Crippen molar-refractivity contribution < 1.29 is 27.0 Å². The second-order valence-electron chi connectivity index (χ2n) is 9.21. The normalized spacial score (nSPS) is 17.4. The first kappa shape index (κ1) is 27.0. The third-order valence-corrected chi connectivity index (χ3v) is 6.56. The Kier molecular flexibility index (Phi) is 6.85. The summed E-state index contributed by atoms with van der Waals surface area (Å²) < 4.78 is 68.1. The summed E-state index contributed by atoms with van der Waals surface area (Å²) in [5.74, 6) is -1.94. The summed E-state index contributed by atoms with van der Waals surface area (Å²) in [6.07, 6.45) is -2.14. The van der Waals surface area contributed by atoms with Crippen LogP contribution in [0.1, 0.15) is 42.1 Å². The summed E-state index contributed by atoms with van der Waals surface area (Å²) in [6.45, 7) is 1.81. The number of nitrogens with zero attached hydrogens (tertiary/aromatic N) is 5. The average Bonchev–Trinajstić information content (AvgIpc) is 2.93. The van der Waals surface area contributed by atoms with Gasteiger partial charge in [-0.15, -0.1) is 0 Å².